The van der Waals surface area contributed by atoms with Crippen LogP contribution >= 0.6 is 23.1 Å². The second-order valence-electron chi connectivity index (χ2n) is 7.88. The number of hydrogen-bond acceptors (Lipinski definition) is 5. The lowest BCUT2D eigenvalue weighted by Gasteiger charge is -2.05. The largest absolute Gasteiger partial charge is 0.323 e. The van der Waals surface area contributed by atoms with E-state index in [9.17, 15) is 9.59 Å². The Hall–Kier alpha value is -3.68. The maximum atomic E-state index is 12.5. The number of benzene rings is 3. The van der Waals surface area contributed by atoms with Crippen LogP contribution in [0.1, 0.15) is 16.0 Å². The van der Waals surface area contributed by atoms with Gasteiger partial charge in [0.05, 0.1) is 11.4 Å². The van der Waals surface area contributed by atoms with E-state index in [1.165, 1.54) is 34.7 Å². The van der Waals surface area contributed by atoms with E-state index in [-0.39, 0.29) is 17.6 Å². The molecule has 4 aromatic rings. The van der Waals surface area contributed by atoms with Crippen molar-refractivity contribution in [1.29, 1.82) is 0 Å². The molecule has 0 unspecified atom stereocenters. The first-order valence-electron chi connectivity index (χ1n) is 11.1. The Morgan fingerprint density at radius 1 is 0.914 bits per heavy atom. The monoisotopic (exact) mass is 499 g/mol. The molecule has 0 aliphatic rings. The molecule has 0 fully saturated rings. The molecule has 3 aromatic carbocycles. The molecule has 0 saturated carbocycles. The lowest BCUT2D eigenvalue weighted by atomic mass is 10.1. The van der Waals surface area contributed by atoms with Crippen LogP contribution in [-0.4, -0.2) is 22.6 Å². The van der Waals surface area contributed by atoms with Crippen LogP contribution in [0.4, 0.5) is 10.8 Å². The summed E-state index contributed by atoms with van der Waals surface area (Å²) in [5, 5.41) is 6.34. The highest BCUT2D eigenvalue weighted by atomic mass is 32.2. The highest BCUT2D eigenvalue weighted by molar-refractivity contribution is 8.00. The zero-order chi connectivity index (χ0) is 24.6. The summed E-state index contributed by atoms with van der Waals surface area (Å²) in [6.45, 7) is 4.06. The molecule has 0 atom stereocenters. The highest BCUT2D eigenvalue weighted by Gasteiger charge is 2.12. The average molecular weight is 500 g/mol. The number of nitrogens with one attached hydrogen (secondary N) is 2. The fourth-order valence-corrected chi connectivity index (χ4v) is 4.84. The summed E-state index contributed by atoms with van der Waals surface area (Å²) >= 11 is 2.91. The zero-order valence-electron chi connectivity index (χ0n) is 19.4. The van der Waals surface area contributed by atoms with E-state index in [0.29, 0.717) is 10.8 Å². The molecule has 0 bridgehead atoms. The van der Waals surface area contributed by atoms with Gasteiger partial charge in [-0.05, 0) is 49.8 Å². The second kappa shape index (κ2) is 11.6. The van der Waals surface area contributed by atoms with Crippen LogP contribution in [0.3, 0.4) is 0 Å². The molecular formula is C28H25N3O2S2. The van der Waals surface area contributed by atoms with Gasteiger partial charge in [-0.2, -0.15) is 0 Å². The van der Waals surface area contributed by atoms with Crippen LogP contribution in [-0.2, 0) is 9.59 Å². The Bertz CT molecular complexity index is 1330. The lowest BCUT2D eigenvalue weighted by Crippen LogP contribution is -2.13. The predicted molar refractivity (Wildman–Crippen MR) is 147 cm³/mol. The number of rotatable bonds is 8. The first-order chi connectivity index (χ1) is 17.0. The summed E-state index contributed by atoms with van der Waals surface area (Å²) in [7, 11) is 0. The van der Waals surface area contributed by atoms with Crippen LogP contribution in [0.15, 0.2) is 89.8 Å². The molecule has 1 heterocycles. The standard InChI is InChI=1S/C28H25N3O2S2/c1-19-8-11-22(12-9-19)27-20(2)35-28(31-27)30-26(33)18-34-24-15-13-23(14-16-24)29-25(32)17-10-21-6-4-3-5-7-21/h3-17H,18H2,1-2H3,(H,29,32)(H,30,31,33)/b17-10+. The van der Waals surface area contributed by atoms with Crippen molar-refractivity contribution in [3.8, 4) is 11.3 Å². The molecule has 0 aliphatic carbocycles. The molecular weight excluding hydrogens is 474 g/mol. The zero-order valence-corrected chi connectivity index (χ0v) is 21.1. The number of thiazole rings is 1. The lowest BCUT2D eigenvalue weighted by molar-refractivity contribution is -0.114. The van der Waals surface area contributed by atoms with E-state index >= 15 is 0 Å². The van der Waals surface area contributed by atoms with Crippen molar-refractivity contribution in [3.05, 3.63) is 101 Å². The third-order valence-corrected chi connectivity index (χ3v) is 6.98. The SMILES string of the molecule is Cc1ccc(-c2nc(NC(=O)CSc3ccc(NC(=O)/C=C/c4ccccc4)cc3)sc2C)cc1. The summed E-state index contributed by atoms with van der Waals surface area (Å²) < 4.78 is 0. The molecule has 0 saturated heterocycles. The minimum absolute atomic E-state index is 0.109. The van der Waals surface area contributed by atoms with Crippen molar-refractivity contribution >= 4 is 51.8 Å². The number of aromatic nitrogens is 1. The summed E-state index contributed by atoms with van der Waals surface area (Å²) in [6.07, 6.45) is 3.28. The van der Waals surface area contributed by atoms with E-state index in [2.05, 4.69) is 34.7 Å². The molecule has 4 rings (SSSR count). The van der Waals surface area contributed by atoms with Gasteiger partial charge in [-0.3, -0.25) is 9.59 Å². The van der Waals surface area contributed by atoms with Crippen molar-refractivity contribution in [1.82, 2.24) is 4.98 Å². The van der Waals surface area contributed by atoms with E-state index in [1.54, 1.807) is 6.08 Å². The number of carbonyl (C=O) groups excluding carboxylic acids is 2. The minimum atomic E-state index is -0.197. The smallest absolute Gasteiger partial charge is 0.248 e. The summed E-state index contributed by atoms with van der Waals surface area (Å²) in [6, 6.07) is 25.3. The molecule has 5 nitrogen and oxygen atoms in total. The number of thioether (sulfide) groups is 1. The minimum Gasteiger partial charge on any atom is -0.323 e. The summed E-state index contributed by atoms with van der Waals surface area (Å²) in [5.41, 5.74) is 4.80. The molecule has 0 aliphatic heterocycles. The Labute approximate surface area is 213 Å². The topological polar surface area (TPSA) is 71.1 Å². The molecule has 7 heteroatoms. The quantitative estimate of drug-likeness (QED) is 0.206. The molecule has 0 spiro atoms. The van der Waals surface area contributed by atoms with Gasteiger partial charge < -0.3 is 10.6 Å². The average Bonchev–Trinajstić information content (AvgIpc) is 3.23. The number of aryl methyl sites for hydroxylation is 2. The molecule has 35 heavy (non-hydrogen) atoms. The van der Waals surface area contributed by atoms with Crippen molar-refractivity contribution < 1.29 is 9.59 Å². The third kappa shape index (κ3) is 7.15. The van der Waals surface area contributed by atoms with Crippen LogP contribution in [0.5, 0.6) is 0 Å². The van der Waals surface area contributed by atoms with Crippen LogP contribution in [0.2, 0.25) is 0 Å². The number of amides is 2. The molecule has 176 valence electrons. The number of carbonyl (C=O) groups is 2. The Morgan fingerprint density at radius 2 is 1.63 bits per heavy atom. The normalized spacial score (nSPS) is 10.9. The number of anilines is 2. The van der Waals surface area contributed by atoms with E-state index in [4.69, 9.17) is 0 Å². The van der Waals surface area contributed by atoms with Crippen molar-refractivity contribution in [3.63, 3.8) is 0 Å². The molecule has 0 radical (unpaired) electrons. The van der Waals surface area contributed by atoms with Crippen molar-refractivity contribution in [2.45, 2.75) is 18.7 Å². The van der Waals surface area contributed by atoms with E-state index in [0.717, 1.165) is 26.6 Å². The fraction of sp³-hybridized carbons (Fsp3) is 0.107. The maximum Gasteiger partial charge on any atom is 0.248 e. The first-order valence-corrected chi connectivity index (χ1v) is 12.9. The van der Waals surface area contributed by atoms with Crippen LogP contribution in [0.25, 0.3) is 17.3 Å². The molecule has 1 aromatic heterocycles. The van der Waals surface area contributed by atoms with Crippen LogP contribution < -0.4 is 10.6 Å². The van der Waals surface area contributed by atoms with Gasteiger partial charge in [-0.15, -0.1) is 23.1 Å². The predicted octanol–water partition coefficient (Wildman–Crippen LogP) is 6.81. The van der Waals surface area contributed by atoms with Crippen molar-refractivity contribution in [2.24, 2.45) is 0 Å². The van der Waals surface area contributed by atoms with E-state index in [1.807, 2.05) is 73.7 Å². The van der Waals surface area contributed by atoms with Gasteiger partial charge in [-0.1, -0.05) is 60.2 Å². The van der Waals surface area contributed by atoms with Gasteiger partial charge in [0.15, 0.2) is 5.13 Å². The Morgan fingerprint density at radius 3 is 2.34 bits per heavy atom. The third-order valence-electron chi connectivity index (χ3n) is 5.09. The Kier molecular flexibility index (Phi) is 8.13. The van der Waals surface area contributed by atoms with Crippen LogP contribution in [0, 0.1) is 13.8 Å². The molecule has 2 amide bonds. The molecule has 2 N–H and O–H groups in total. The summed E-state index contributed by atoms with van der Waals surface area (Å²) in [5.74, 6) is -0.0377. The highest BCUT2D eigenvalue weighted by Crippen LogP contribution is 2.31. The van der Waals surface area contributed by atoms with Gasteiger partial charge in [0.1, 0.15) is 0 Å². The van der Waals surface area contributed by atoms with Gasteiger partial charge in [0.25, 0.3) is 0 Å². The number of hydrogen-bond donors (Lipinski definition) is 2. The van der Waals surface area contributed by atoms with E-state index < -0.39 is 0 Å². The summed E-state index contributed by atoms with van der Waals surface area (Å²) in [4.78, 5) is 31.2. The van der Waals surface area contributed by atoms with Gasteiger partial charge in [-0.25, -0.2) is 4.98 Å². The fourth-order valence-electron chi connectivity index (χ4n) is 3.29. The number of nitrogens with zero attached hydrogens (tertiary/aromatic N) is 1. The second-order valence-corrected chi connectivity index (χ2v) is 10.1. The van der Waals surface area contributed by atoms with Gasteiger partial charge >= 0.3 is 0 Å². The first kappa shape index (κ1) is 24.4. The Balaban J connectivity index is 1.26. The van der Waals surface area contributed by atoms with Crippen molar-refractivity contribution in [2.75, 3.05) is 16.4 Å². The van der Waals surface area contributed by atoms with Gasteiger partial charge in [0, 0.05) is 27.1 Å². The van der Waals surface area contributed by atoms with Gasteiger partial charge in [0.2, 0.25) is 11.8 Å². The maximum absolute atomic E-state index is 12.5.